The van der Waals surface area contributed by atoms with Crippen LogP contribution in [0.4, 0.5) is 11.6 Å². The summed E-state index contributed by atoms with van der Waals surface area (Å²) >= 11 is 0. The Morgan fingerprint density at radius 3 is 2.56 bits per heavy atom. The fraction of sp³-hybridized carbons (Fsp3) is 0.615. The highest BCUT2D eigenvalue weighted by molar-refractivity contribution is 5.80. The average Bonchev–Trinajstić information content (AvgIpc) is 2.26. The van der Waals surface area contributed by atoms with Crippen molar-refractivity contribution in [3.05, 3.63) is 12.4 Å². The van der Waals surface area contributed by atoms with Crippen LogP contribution in [0.15, 0.2) is 12.4 Å². The second-order valence-corrected chi connectivity index (χ2v) is 4.99. The highest BCUT2D eigenvalue weighted by atomic mass is 16.1. The van der Waals surface area contributed by atoms with E-state index in [0.717, 1.165) is 11.6 Å². The Hall–Kier alpha value is -1.65. The van der Waals surface area contributed by atoms with Gasteiger partial charge in [-0.3, -0.25) is 4.79 Å². The van der Waals surface area contributed by atoms with E-state index < -0.39 is 0 Å². The molecular formula is C13H20N4O. The molecule has 1 saturated carbocycles. The molecular weight excluding hydrogens is 228 g/mol. The molecule has 5 heteroatoms. The zero-order valence-corrected chi connectivity index (χ0v) is 11.3. The van der Waals surface area contributed by atoms with E-state index in [-0.39, 0.29) is 5.78 Å². The minimum absolute atomic E-state index is 0.130. The highest BCUT2D eigenvalue weighted by Crippen LogP contribution is 2.27. The Bertz CT molecular complexity index is 431. The lowest BCUT2D eigenvalue weighted by Crippen LogP contribution is -2.37. The molecule has 1 aromatic rings. The monoisotopic (exact) mass is 248 g/mol. The van der Waals surface area contributed by atoms with Crippen molar-refractivity contribution in [1.29, 1.82) is 0 Å². The predicted molar refractivity (Wildman–Crippen MR) is 72.0 cm³/mol. The Kier molecular flexibility index (Phi) is 3.79. The number of likely N-dealkylation sites (N-methyl/N-ethyl adjacent to an activating group) is 1. The van der Waals surface area contributed by atoms with Gasteiger partial charge in [0.05, 0.1) is 6.54 Å². The molecule has 1 aromatic heterocycles. The molecule has 1 fully saturated rings. The average molecular weight is 248 g/mol. The first-order valence-corrected chi connectivity index (χ1v) is 6.33. The summed E-state index contributed by atoms with van der Waals surface area (Å²) in [6, 6.07) is 2.55. The van der Waals surface area contributed by atoms with Crippen LogP contribution in [0.25, 0.3) is 0 Å². The number of ketones is 1. The summed E-state index contributed by atoms with van der Waals surface area (Å²) < 4.78 is 0. The van der Waals surface area contributed by atoms with Gasteiger partial charge in [0.2, 0.25) is 0 Å². The zero-order chi connectivity index (χ0) is 13.1. The number of anilines is 2. The van der Waals surface area contributed by atoms with Crippen LogP contribution < -0.4 is 9.80 Å². The number of carbonyl (C=O) groups excluding carboxylic acids is 1. The molecule has 0 atom stereocenters. The number of carbonyl (C=O) groups is 1. The summed E-state index contributed by atoms with van der Waals surface area (Å²) in [6.45, 7) is 1.96. The van der Waals surface area contributed by atoms with Gasteiger partial charge in [0.15, 0.2) is 0 Å². The maximum absolute atomic E-state index is 11.1. The van der Waals surface area contributed by atoms with Gasteiger partial charge in [-0.15, -0.1) is 0 Å². The lowest BCUT2D eigenvalue weighted by Gasteiger charge is -2.35. The summed E-state index contributed by atoms with van der Waals surface area (Å²) in [5.74, 6) is 1.85. The first kappa shape index (κ1) is 12.8. The van der Waals surface area contributed by atoms with Crippen LogP contribution in [0.2, 0.25) is 0 Å². The molecule has 0 amide bonds. The molecule has 1 heterocycles. The van der Waals surface area contributed by atoms with Gasteiger partial charge in [-0.25, -0.2) is 9.97 Å². The molecule has 0 spiro atoms. The minimum Gasteiger partial charge on any atom is -0.357 e. The number of nitrogens with zero attached hydrogens (tertiary/aromatic N) is 4. The van der Waals surface area contributed by atoms with Gasteiger partial charge >= 0.3 is 0 Å². The number of aromatic nitrogens is 2. The van der Waals surface area contributed by atoms with Crippen molar-refractivity contribution in [3.8, 4) is 0 Å². The van der Waals surface area contributed by atoms with Gasteiger partial charge in [0.1, 0.15) is 23.7 Å². The predicted octanol–water partition coefficient (Wildman–Crippen LogP) is 1.49. The summed E-state index contributed by atoms with van der Waals surface area (Å²) in [5.41, 5.74) is 0. The van der Waals surface area contributed by atoms with Crippen molar-refractivity contribution in [2.75, 3.05) is 30.4 Å². The smallest absolute Gasteiger partial charge is 0.149 e. The van der Waals surface area contributed by atoms with Gasteiger partial charge < -0.3 is 9.80 Å². The molecule has 0 aromatic carbocycles. The van der Waals surface area contributed by atoms with Crippen molar-refractivity contribution in [2.24, 2.45) is 0 Å². The van der Waals surface area contributed by atoms with Crippen LogP contribution in [-0.4, -0.2) is 42.4 Å². The molecule has 1 aliphatic rings. The Morgan fingerprint density at radius 1 is 1.33 bits per heavy atom. The van der Waals surface area contributed by atoms with Crippen LogP contribution in [0.5, 0.6) is 0 Å². The Labute approximate surface area is 108 Å². The van der Waals surface area contributed by atoms with Crippen molar-refractivity contribution < 1.29 is 4.79 Å². The van der Waals surface area contributed by atoms with Gasteiger partial charge in [0.25, 0.3) is 0 Å². The van der Waals surface area contributed by atoms with Gasteiger partial charge in [-0.2, -0.15) is 0 Å². The molecule has 0 unspecified atom stereocenters. The van der Waals surface area contributed by atoms with E-state index in [9.17, 15) is 4.79 Å². The third-order valence-corrected chi connectivity index (χ3v) is 3.47. The summed E-state index contributed by atoms with van der Waals surface area (Å²) in [6.07, 6.45) is 5.34. The third-order valence-electron chi connectivity index (χ3n) is 3.47. The first-order chi connectivity index (χ1) is 8.58. The fourth-order valence-corrected chi connectivity index (χ4v) is 2.11. The largest absolute Gasteiger partial charge is 0.357 e. The summed E-state index contributed by atoms with van der Waals surface area (Å²) in [5, 5.41) is 0. The molecule has 5 nitrogen and oxygen atoms in total. The molecule has 0 bridgehead atoms. The van der Waals surface area contributed by atoms with Crippen molar-refractivity contribution in [3.63, 3.8) is 0 Å². The zero-order valence-electron chi connectivity index (χ0n) is 11.3. The van der Waals surface area contributed by atoms with Crippen molar-refractivity contribution in [1.82, 2.24) is 9.97 Å². The SMILES string of the molecule is CC(=O)CN(C)c1cc(N(C)C2CCC2)ncn1. The van der Waals surface area contributed by atoms with E-state index in [2.05, 4.69) is 21.9 Å². The highest BCUT2D eigenvalue weighted by Gasteiger charge is 2.23. The summed E-state index contributed by atoms with van der Waals surface area (Å²) in [4.78, 5) is 23.7. The molecule has 98 valence electrons. The van der Waals surface area contributed by atoms with Crippen molar-refractivity contribution >= 4 is 17.4 Å². The topological polar surface area (TPSA) is 49.3 Å². The second-order valence-electron chi connectivity index (χ2n) is 4.99. The Balaban J connectivity index is 2.11. The lowest BCUT2D eigenvalue weighted by molar-refractivity contribution is -0.115. The third kappa shape index (κ3) is 2.78. The maximum atomic E-state index is 11.1. The molecule has 2 rings (SSSR count). The minimum atomic E-state index is 0.130. The molecule has 0 N–H and O–H groups in total. The van der Waals surface area contributed by atoms with E-state index in [0.29, 0.717) is 12.6 Å². The molecule has 0 aliphatic heterocycles. The van der Waals surface area contributed by atoms with Gasteiger partial charge in [-0.05, 0) is 26.2 Å². The number of hydrogen-bond donors (Lipinski definition) is 0. The normalized spacial score (nSPS) is 15.1. The number of hydrogen-bond acceptors (Lipinski definition) is 5. The maximum Gasteiger partial charge on any atom is 0.149 e. The molecule has 1 aliphatic carbocycles. The van der Waals surface area contributed by atoms with E-state index in [1.165, 1.54) is 19.3 Å². The lowest BCUT2D eigenvalue weighted by atomic mass is 9.92. The van der Waals surface area contributed by atoms with Crippen LogP contribution in [0, 0.1) is 0 Å². The Morgan fingerprint density at radius 2 is 2.00 bits per heavy atom. The molecule has 18 heavy (non-hydrogen) atoms. The van der Waals surface area contributed by atoms with Crippen LogP contribution in [-0.2, 0) is 4.79 Å². The van der Waals surface area contributed by atoms with Gasteiger partial charge in [0, 0.05) is 26.2 Å². The van der Waals surface area contributed by atoms with Crippen LogP contribution >= 0.6 is 0 Å². The molecule has 0 radical (unpaired) electrons. The number of Topliss-reactive ketones (excluding diaryl/α,β-unsaturated/α-hetero) is 1. The number of rotatable bonds is 5. The van der Waals surface area contributed by atoms with E-state index in [1.54, 1.807) is 13.3 Å². The molecule has 0 saturated heterocycles. The van der Waals surface area contributed by atoms with E-state index >= 15 is 0 Å². The second kappa shape index (κ2) is 5.33. The van der Waals surface area contributed by atoms with E-state index in [1.807, 2.05) is 18.0 Å². The first-order valence-electron chi connectivity index (χ1n) is 6.33. The van der Waals surface area contributed by atoms with Crippen LogP contribution in [0.1, 0.15) is 26.2 Å². The standard InChI is InChI=1S/C13H20N4O/c1-10(18)8-16(2)12-7-13(15-9-14-12)17(3)11-5-4-6-11/h7,9,11H,4-6,8H2,1-3H3. The quantitative estimate of drug-likeness (QED) is 0.790. The van der Waals surface area contributed by atoms with Crippen LogP contribution in [0.3, 0.4) is 0 Å². The van der Waals surface area contributed by atoms with Gasteiger partial charge in [-0.1, -0.05) is 0 Å². The van der Waals surface area contributed by atoms with E-state index in [4.69, 9.17) is 0 Å². The fourth-order valence-electron chi connectivity index (χ4n) is 2.11. The van der Waals surface area contributed by atoms with Crippen molar-refractivity contribution in [2.45, 2.75) is 32.2 Å². The summed E-state index contributed by atoms with van der Waals surface area (Å²) in [7, 11) is 3.94.